The van der Waals surface area contributed by atoms with E-state index in [1.54, 1.807) is 25.3 Å². The van der Waals surface area contributed by atoms with E-state index in [1.807, 2.05) is 30.3 Å². The number of benzene rings is 3. The van der Waals surface area contributed by atoms with Gasteiger partial charge in [-0.3, -0.25) is 9.78 Å². The summed E-state index contributed by atoms with van der Waals surface area (Å²) in [4.78, 5) is 17.2. The summed E-state index contributed by atoms with van der Waals surface area (Å²) in [7, 11) is -3.41. The Balaban J connectivity index is 1.54. The Labute approximate surface area is 200 Å². The molecule has 1 heterocycles. The van der Waals surface area contributed by atoms with Gasteiger partial charge in [-0.1, -0.05) is 48.5 Å². The number of nitrogens with zero attached hydrogens (tertiary/aromatic N) is 1. The summed E-state index contributed by atoms with van der Waals surface area (Å²) in [6, 6.07) is 25.2. The minimum Gasteiger partial charge on any atom is -0.346 e. The number of carbonyl (C=O) groups is 1. The van der Waals surface area contributed by atoms with Crippen LogP contribution in [0.4, 0.5) is 0 Å². The van der Waals surface area contributed by atoms with E-state index >= 15 is 0 Å². The average molecular weight is 471 g/mol. The maximum absolute atomic E-state index is 12.7. The first kappa shape index (κ1) is 23.4. The van der Waals surface area contributed by atoms with Gasteiger partial charge in [0.2, 0.25) is 0 Å². The highest BCUT2D eigenvalue weighted by Crippen LogP contribution is 2.29. The summed E-state index contributed by atoms with van der Waals surface area (Å²) in [6.07, 6.45) is 2.87. The lowest BCUT2D eigenvalue weighted by atomic mass is 9.95. The number of amides is 1. The number of hydrogen-bond acceptors (Lipinski definition) is 4. The Morgan fingerprint density at radius 1 is 0.824 bits per heavy atom. The molecule has 3 aromatic carbocycles. The Kier molecular flexibility index (Phi) is 6.61. The van der Waals surface area contributed by atoms with Crippen molar-refractivity contribution in [1.82, 2.24) is 10.3 Å². The molecule has 6 heteroatoms. The monoisotopic (exact) mass is 470 g/mol. The summed E-state index contributed by atoms with van der Waals surface area (Å²) in [5.74, 6) is -0.348. The topological polar surface area (TPSA) is 76.1 Å². The van der Waals surface area contributed by atoms with Crippen LogP contribution in [0.3, 0.4) is 0 Å². The molecule has 0 aliphatic heterocycles. The highest BCUT2D eigenvalue weighted by molar-refractivity contribution is 7.90. The fourth-order valence-corrected chi connectivity index (χ4v) is 4.89. The molecule has 172 valence electrons. The third-order valence-electron chi connectivity index (χ3n) is 5.75. The maximum Gasteiger partial charge on any atom is 0.251 e. The molecule has 4 rings (SSSR count). The molecule has 34 heavy (non-hydrogen) atoms. The van der Waals surface area contributed by atoms with Crippen LogP contribution in [0.1, 0.15) is 27.2 Å². The molecular formula is C28H26N2O3S. The lowest BCUT2D eigenvalue weighted by Crippen LogP contribution is -2.23. The number of aromatic nitrogens is 1. The standard InChI is InChI=1S/C28H26N2O3S/c1-19-9-11-22(16-26(19)21-7-5-4-6-8-21)23-13-14-29-25(15-23)18-30-28(31)24-12-10-20(2)27(17-24)34(3,32)33/h4-17H,18H2,1-3H3,(H,30,31). The first-order valence-electron chi connectivity index (χ1n) is 10.9. The SMILES string of the molecule is Cc1ccc(-c2ccnc(CNC(=O)c3ccc(C)c(S(C)(=O)=O)c3)c2)cc1-c1ccccc1. The molecule has 4 aromatic rings. The minimum absolute atomic E-state index is 0.161. The van der Waals surface area contributed by atoms with Gasteiger partial charge in [0.25, 0.3) is 5.91 Å². The van der Waals surface area contributed by atoms with Crippen molar-refractivity contribution in [3.8, 4) is 22.3 Å². The molecule has 0 saturated heterocycles. The van der Waals surface area contributed by atoms with Crippen LogP contribution in [0.15, 0.2) is 90.0 Å². The van der Waals surface area contributed by atoms with Gasteiger partial charge in [0, 0.05) is 18.0 Å². The van der Waals surface area contributed by atoms with E-state index in [0.29, 0.717) is 16.8 Å². The molecule has 0 aliphatic rings. The predicted octanol–water partition coefficient (Wildman–Crippen LogP) is 5.37. The number of carbonyl (C=O) groups excluding carboxylic acids is 1. The smallest absolute Gasteiger partial charge is 0.251 e. The first-order valence-corrected chi connectivity index (χ1v) is 12.8. The quantitative estimate of drug-likeness (QED) is 0.411. The van der Waals surface area contributed by atoms with E-state index in [9.17, 15) is 13.2 Å². The number of pyridine rings is 1. The summed E-state index contributed by atoms with van der Waals surface area (Å²) < 4.78 is 23.9. The molecule has 0 fully saturated rings. The number of hydrogen-bond donors (Lipinski definition) is 1. The molecule has 0 atom stereocenters. The molecule has 0 aliphatic carbocycles. The van der Waals surface area contributed by atoms with Crippen molar-refractivity contribution < 1.29 is 13.2 Å². The number of rotatable bonds is 6. The molecule has 0 bridgehead atoms. The molecule has 0 unspecified atom stereocenters. The Morgan fingerprint density at radius 3 is 2.26 bits per heavy atom. The van der Waals surface area contributed by atoms with Crippen LogP contribution >= 0.6 is 0 Å². The number of sulfone groups is 1. The van der Waals surface area contributed by atoms with Crippen LogP contribution in [0.25, 0.3) is 22.3 Å². The van der Waals surface area contributed by atoms with Gasteiger partial charge in [-0.15, -0.1) is 0 Å². The van der Waals surface area contributed by atoms with Crippen LogP contribution < -0.4 is 5.32 Å². The van der Waals surface area contributed by atoms with Gasteiger partial charge < -0.3 is 5.32 Å². The Morgan fingerprint density at radius 2 is 1.53 bits per heavy atom. The van der Waals surface area contributed by atoms with Gasteiger partial charge in [-0.2, -0.15) is 0 Å². The zero-order valence-electron chi connectivity index (χ0n) is 19.4. The first-order chi connectivity index (χ1) is 16.2. The third-order valence-corrected chi connectivity index (χ3v) is 6.99. The van der Waals surface area contributed by atoms with Crippen LogP contribution in [0.2, 0.25) is 0 Å². The molecule has 0 spiro atoms. The van der Waals surface area contributed by atoms with E-state index < -0.39 is 9.84 Å². The maximum atomic E-state index is 12.7. The average Bonchev–Trinajstić information content (AvgIpc) is 2.83. The molecule has 0 saturated carbocycles. The zero-order valence-corrected chi connectivity index (χ0v) is 20.2. The third kappa shape index (κ3) is 5.24. The minimum atomic E-state index is -3.41. The van der Waals surface area contributed by atoms with E-state index in [2.05, 4.69) is 47.6 Å². The Bertz CT molecular complexity index is 1460. The van der Waals surface area contributed by atoms with Crippen LogP contribution in [-0.2, 0) is 16.4 Å². The van der Waals surface area contributed by atoms with Crippen molar-refractivity contribution in [3.05, 3.63) is 107 Å². The van der Waals surface area contributed by atoms with E-state index in [4.69, 9.17) is 0 Å². The molecule has 5 nitrogen and oxygen atoms in total. The summed E-state index contributed by atoms with van der Waals surface area (Å²) in [5.41, 5.74) is 7.23. The second-order valence-electron chi connectivity index (χ2n) is 8.37. The highest BCUT2D eigenvalue weighted by Gasteiger charge is 2.15. The van der Waals surface area contributed by atoms with Crippen molar-refractivity contribution in [2.24, 2.45) is 0 Å². The van der Waals surface area contributed by atoms with E-state index in [1.165, 1.54) is 17.2 Å². The number of nitrogens with one attached hydrogen (secondary N) is 1. The molecule has 1 aromatic heterocycles. The second-order valence-corrected chi connectivity index (χ2v) is 10.4. The van der Waals surface area contributed by atoms with Crippen LogP contribution in [0.5, 0.6) is 0 Å². The van der Waals surface area contributed by atoms with Gasteiger partial charge in [0.15, 0.2) is 9.84 Å². The van der Waals surface area contributed by atoms with Gasteiger partial charge in [0.1, 0.15) is 0 Å². The van der Waals surface area contributed by atoms with Crippen molar-refractivity contribution in [1.29, 1.82) is 0 Å². The molecule has 1 N–H and O–H groups in total. The van der Waals surface area contributed by atoms with Crippen molar-refractivity contribution in [3.63, 3.8) is 0 Å². The summed E-state index contributed by atoms with van der Waals surface area (Å²) in [6.45, 7) is 4.04. The second kappa shape index (κ2) is 9.61. The summed E-state index contributed by atoms with van der Waals surface area (Å²) in [5, 5.41) is 2.84. The largest absolute Gasteiger partial charge is 0.346 e. The highest BCUT2D eigenvalue weighted by atomic mass is 32.2. The molecule has 0 radical (unpaired) electrons. The van der Waals surface area contributed by atoms with Crippen molar-refractivity contribution in [2.75, 3.05) is 6.26 Å². The normalized spacial score (nSPS) is 11.3. The van der Waals surface area contributed by atoms with Gasteiger partial charge in [-0.05, 0) is 77.6 Å². The van der Waals surface area contributed by atoms with Gasteiger partial charge in [-0.25, -0.2) is 8.42 Å². The zero-order chi connectivity index (χ0) is 24.3. The fourth-order valence-electron chi connectivity index (χ4n) is 3.90. The van der Waals surface area contributed by atoms with Crippen LogP contribution in [0, 0.1) is 13.8 Å². The van der Waals surface area contributed by atoms with E-state index in [-0.39, 0.29) is 17.3 Å². The predicted molar refractivity (Wildman–Crippen MR) is 135 cm³/mol. The summed E-state index contributed by atoms with van der Waals surface area (Å²) >= 11 is 0. The van der Waals surface area contributed by atoms with Crippen LogP contribution in [-0.4, -0.2) is 25.6 Å². The number of aryl methyl sites for hydroxylation is 2. The molecule has 1 amide bonds. The van der Waals surface area contributed by atoms with Crippen molar-refractivity contribution >= 4 is 15.7 Å². The Hall–Kier alpha value is -3.77. The fraction of sp³-hybridized carbons (Fsp3) is 0.143. The lowest BCUT2D eigenvalue weighted by molar-refractivity contribution is 0.0950. The van der Waals surface area contributed by atoms with Gasteiger partial charge >= 0.3 is 0 Å². The lowest BCUT2D eigenvalue weighted by Gasteiger charge is -2.11. The van der Waals surface area contributed by atoms with Gasteiger partial charge in [0.05, 0.1) is 17.1 Å². The van der Waals surface area contributed by atoms with E-state index in [0.717, 1.165) is 22.9 Å². The molecular weight excluding hydrogens is 444 g/mol. The van der Waals surface area contributed by atoms with Crippen molar-refractivity contribution in [2.45, 2.75) is 25.3 Å².